The fourth-order valence-corrected chi connectivity index (χ4v) is 1.79. The number of anilines is 1. The number of nitrogens with zero attached hydrogens (tertiary/aromatic N) is 2. The van der Waals surface area contributed by atoms with Crippen LogP contribution in [0.3, 0.4) is 0 Å². The number of benzene rings is 1. The van der Waals surface area contributed by atoms with Gasteiger partial charge in [-0.2, -0.15) is 5.10 Å². The first-order valence-corrected chi connectivity index (χ1v) is 5.94. The molecule has 0 atom stereocenters. The predicted molar refractivity (Wildman–Crippen MR) is 71.1 cm³/mol. The third-order valence-electron chi connectivity index (χ3n) is 2.80. The van der Waals surface area contributed by atoms with Gasteiger partial charge in [-0.15, -0.1) is 0 Å². The number of nitro benzene ring substituents is 1. The van der Waals surface area contributed by atoms with Crippen LogP contribution in [-0.2, 0) is 4.79 Å². The van der Waals surface area contributed by atoms with Crippen molar-refractivity contribution < 1.29 is 9.72 Å². The van der Waals surface area contributed by atoms with E-state index in [1.165, 1.54) is 6.07 Å². The summed E-state index contributed by atoms with van der Waals surface area (Å²) in [5.41, 5.74) is 3.99. The van der Waals surface area contributed by atoms with Gasteiger partial charge in [-0.05, 0) is 31.4 Å². The molecule has 100 valence electrons. The smallest absolute Gasteiger partial charge is 0.294 e. The molecule has 0 aromatic heterocycles. The molecule has 1 aromatic carbocycles. The zero-order valence-electron chi connectivity index (χ0n) is 10.5. The number of hydrogen-bond acceptors (Lipinski definition) is 5. The summed E-state index contributed by atoms with van der Waals surface area (Å²) < 4.78 is 0. The molecular weight excluding hydrogens is 248 g/mol. The fraction of sp³-hybridized carbons (Fsp3) is 0.333. The molecular formula is C12H14N4O3. The van der Waals surface area contributed by atoms with Crippen LogP contribution in [0.1, 0.15) is 18.4 Å². The Morgan fingerprint density at radius 1 is 1.47 bits per heavy atom. The Hall–Kier alpha value is -2.44. The highest BCUT2D eigenvalue weighted by Gasteiger charge is 2.17. The zero-order chi connectivity index (χ0) is 13.8. The number of carbonyl (C=O) groups is 1. The number of piperidine rings is 1. The van der Waals surface area contributed by atoms with E-state index >= 15 is 0 Å². The number of hydrazone groups is 1. The molecule has 1 heterocycles. The van der Waals surface area contributed by atoms with Gasteiger partial charge in [0.2, 0.25) is 0 Å². The molecule has 1 aliphatic rings. The molecule has 0 aliphatic carbocycles. The first-order valence-electron chi connectivity index (χ1n) is 5.94. The molecule has 1 amide bonds. The van der Waals surface area contributed by atoms with E-state index in [1.807, 2.05) is 0 Å². The summed E-state index contributed by atoms with van der Waals surface area (Å²) in [7, 11) is 0. The summed E-state index contributed by atoms with van der Waals surface area (Å²) in [5.74, 6) is -0.228. The highest BCUT2D eigenvalue weighted by molar-refractivity contribution is 6.39. The van der Waals surface area contributed by atoms with Crippen LogP contribution in [0.4, 0.5) is 11.4 Å². The normalized spacial score (nSPS) is 17.1. The minimum atomic E-state index is -0.476. The molecule has 1 fully saturated rings. The minimum absolute atomic E-state index is 0.0550. The monoisotopic (exact) mass is 262 g/mol. The van der Waals surface area contributed by atoms with Gasteiger partial charge in [0.15, 0.2) is 0 Å². The lowest BCUT2D eigenvalue weighted by Crippen LogP contribution is -2.37. The number of carbonyl (C=O) groups excluding carboxylic acids is 1. The quantitative estimate of drug-likeness (QED) is 0.638. The lowest BCUT2D eigenvalue weighted by Gasteiger charge is -2.13. The molecule has 2 N–H and O–H groups in total. The maximum Gasteiger partial charge on any atom is 0.294 e. The molecule has 7 heteroatoms. The fourth-order valence-electron chi connectivity index (χ4n) is 1.79. The van der Waals surface area contributed by atoms with Crippen LogP contribution < -0.4 is 10.7 Å². The Kier molecular flexibility index (Phi) is 3.74. The first kappa shape index (κ1) is 13.0. The second-order valence-electron chi connectivity index (χ2n) is 4.31. The SMILES string of the molecule is Cc1ccc(N/N=C2/CCCNC2=O)c([N+](=O)[O-])c1. The van der Waals surface area contributed by atoms with Gasteiger partial charge < -0.3 is 5.32 Å². The number of aryl methyl sites for hydroxylation is 1. The van der Waals surface area contributed by atoms with Crippen LogP contribution in [0.5, 0.6) is 0 Å². The summed E-state index contributed by atoms with van der Waals surface area (Å²) in [6, 6.07) is 4.79. The maximum atomic E-state index is 11.5. The Morgan fingerprint density at radius 3 is 2.95 bits per heavy atom. The van der Waals surface area contributed by atoms with Crippen molar-refractivity contribution in [3.8, 4) is 0 Å². The summed E-state index contributed by atoms with van der Waals surface area (Å²) in [4.78, 5) is 21.9. The van der Waals surface area contributed by atoms with E-state index < -0.39 is 4.92 Å². The van der Waals surface area contributed by atoms with E-state index in [9.17, 15) is 14.9 Å². The van der Waals surface area contributed by atoms with Crippen molar-refractivity contribution in [3.63, 3.8) is 0 Å². The summed E-state index contributed by atoms with van der Waals surface area (Å²) >= 11 is 0. The average molecular weight is 262 g/mol. The van der Waals surface area contributed by atoms with E-state index in [-0.39, 0.29) is 17.3 Å². The van der Waals surface area contributed by atoms with Crippen molar-refractivity contribution in [1.82, 2.24) is 5.32 Å². The molecule has 0 bridgehead atoms. The van der Waals surface area contributed by atoms with Crippen molar-refractivity contribution in [2.75, 3.05) is 12.0 Å². The number of nitro groups is 1. The largest absolute Gasteiger partial charge is 0.351 e. The van der Waals surface area contributed by atoms with Crippen molar-refractivity contribution in [1.29, 1.82) is 0 Å². The Balaban J connectivity index is 2.21. The van der Waals surface area contributed by atoms with E-state index in [1.54, 1.807) is 19.1 Å². The third kappa shape index (κ3) is 3.06. The molecule has 0 spiro atoms. The van der Waals surface area contributed by atoms with Gasteiger partial charge in [-0.25, -0.2) is 0 Å². The second-order valence-corrected chi connectivity index (χ2v) is 4.31. The second kappa shape index (κ2) is 5.47. The topological polar surface area (TPSA) is 96.6 Å². The Bertz CT molecular complexity index is 554. The van der Waals surface area contributed by atoms with Gasteiger partial charge in [0, 0.05) is 12.6 Å². The van der Waals surface area contributed by atoms with E-state index in [2.05, 4.69) is 15.8 Å². The van der Waals surface area contributed by atoms with E-state index in [0.717, 1.165) is 12.0 Å². The van der Waals surface area contributed by atoms with Crippen LogP contribution in [0, 0.1) is 17.0 Å². The van der Waals surface area contributed by atoms with Crippen molar-refractivity contribution >= 4 is 23.0 Å². The zero-order valence-corrected chi connectivity index (χ0v) is 10.5. The highest BCUT2D eigenvalue weighted by atomic mass is 16.6. The van der Waals surface area contributed by atoms with E-state index in [4.69, 9.17) is 0 Å². The number of amides is 1. The Labute approximate surface area is 109 Å². The molecule has 7 nitrogen and oxygen atoms in total. The van der Waals surface area contributed by atoms with E-state index in [0.29, 0.717) is 18.7 Å². The predicted octanol–water partition coefficient (Wildman–Crippen LogP) is 1.58. The number of nitrogens with one attached hydrogen (secondary N) is 2. The van der Waals surface area contributed by atoms with Crippen LogP contribution >= 0.6 is 0 Å². The molecule has 1 saturated heterocycles. The molecule has 0 radical (unpaired) electrons. The molecule has 2 rings (SSSR count). The van der Waals surface area contributed by atoms with Crippen molar-refractivity contribution in [2.45, 2.75) is 19.8 Å². The van der Waals surface area contributed by atoms with Crippen molar-refractivity contribution in [2.24, 2.45) is 5.10 Å². The lowest BCUT2D eigenvalue weighted by atomic mass is 10.1. The van der Waals surface area contributed by atoms with Crippen molar-refractivity contribution in [3.05, 3.63) is 33.9 Å². The van der Waals surface area contributed by atoms with Gasteiger partial charge in [-0.1, -0.05) is 6.07 Å². The first-order chi connectivity index (χ1) is 9.08. The van der Waals surface area contributed by atoms with Crippen LogP contribution in [-0.4, -0.2) is 23.1 Å². The summed E-state index contributed by atoms with van der Waals surface area (Å²) in [6.07, 6.45) is 1.39. The summed E-state index contributed by atoms with van der Waals surface area (Å²) in [6.45, 7) is 2.42. The number of rotatable bonds is 3. The standard InChI is InChI=1S/C12H14N4O3/c1-8-4-5-9(11(7-8)16(18)19)14-15-10-3-2-6-13-12(10)17/h4-5,7,14H,2-3,6H2,1H3,(H,13,17)/b15-10-. The van der Waals surface area contributed by atoms with Gasteiger partial charge in [0.1, 0.15) is 11.4 Å². The molecule has 1 aromatic rings. The Morgan fingerprint density at radius 2 is 2.26 bits per heavy atom. The molecule has 0 saturated carbocycles. The molecule has 19 heavy (non-hydrogen) atoms. The third-order valence-corrected chi connectivity index (χ3v) is 2.80. The molecule has 1 aliphatic heterocycles. The highest BCUT2D eigenvalue weighted by Crippen LogP contribution is 2.25. The lowest BCUT2D eigenvalue weighted by molar-refractivity contribution is -0.384. The van der Waals surface area contributed by atoms with Gasteiger partial charge in [0.25, 0.3) is 11.6 Å². The number of hydrogen-bond donors (Lipinski definition) is 2. The van der Waals surface area contributed by atoms with Gasteiger partial charge >= 0.3 is 0 Å². The van der Waals surface area contributed by atoms with Crippen LogP contribution in [0.25, 0.3) is 0 Å². The summed E-state index contributed by atoms with van der Waals surface area (Å²) in [5, 5.41) is 17.6. The van der Waals surface area contributed by atoms with Crippen LogP contribution in [0.2, 0.25) is 0 Å². The minimum Gasteiger partial charge on any atom is -0.351 e. The van der Waals surface area contributed by atoms with Crippen LogP contribution in [0.15, 0.2) is 23.3 Å². The average Bonchev–Trinajstić information content (AvgIpc) is 2.38. The molecule has 0 unspecified atom stereocenters. The van der Waals surface area contributed by atoms with Gasteiger partial charge in [0.05, 0.1) is 4.92 Å². The maximum absolute atomic E-state index is 11.5. The van der Waals surface area contributed by atoms with Gasteiger partial charge in [-0.3, -0.25) is 20.3 Å².